The van der Waals surface area contributed by atoms with Crippen molar-refractivity contribution in [2.45, 2.75) is 44.9 Å². The zero-order valence-corrected chi connectivity index (χ0v) is 14.3. The molecular formula is C20H24N2O3. The van der Waals surface area contributed by atoms with Gasteiger partial charge < -0.3 is 14.9 Å². The topological polar surface area (TPSA) is 68.7 Å². The molecule has 0 radical (unpaired) electrons. The molecule has 2 N–H and O–H groups in total. The van der Waals surface area contributed by atoms with Gasteiger partial charge in [0, 0.05) is 25.2 Å². The number of rotatable bonds is 5. The molecular weight excluding hydrogens is 316 g/mol. The van der Waals surface area contributed by atoms with Gasteiger partial charge in [-0.3, -0.25) is 9.69 Å². The van der Waals surface area contributed by atoms with Gasteiger partial charge in [-0.05, 0) is 36.3 Å². The highest BCUT2D eigenvalue weighted by Crippen LogP contribution is 2.25. The van der Waals surface area contributed by atoms with Crippen molar-refractivity contribution in [3.8, 4) is 5.75 Å². The first-order valence-corrected chi connectivity index (χ1v) is 8.96. The standard InChI is InChI=1S/C20H24N2O3/c21-17-6-5-14(7-17)12-25-20-13-24-18(8-19(20)23)11-22-9-15-3-1-2-4-16(15)10-22/h1-4,8,13-14,17H,5-7,9-12,21H2/t14-,17?/m0/s1. The van der Waals surface area contributed by atoms with Crippen LogP contribution in [0.3, 0.4) is 0 Å². The van der Waals surface area contributed by atoms with Crippen LogP contribution in [0.25, 0.3) is 0 Å². The summed E-state index contributed by atoms with van der Waals surface area (Å²) in [5.41, 5.74) is 8.50. The van der Waals surface area contributed by atoms with E-state index in [1.807, 2.05) is 0 Å². The van der Waals surface area contributed by atoms with Crippen LogP contribution in [0.2, 0.25) is 0 Å². The van der Waals surface area contributed by atoms with Gasteiger partial charge in [-0.1, -0.05) is 24.3 Å². The molecule has 2 heterocycles. The molecule has 1 aromatic carbocycles. The van der Waals surface area contributed by atoms with Crippen molar-refractivity contribution in [3.05, 3.63) is 63.7 Å². The van der Waals surface area contributed by atoms with Crippen LogP contribution in [0.15, 0.2) is 45.8 Å². The van der Waals surface area contributed by atoms with Crippen LogP contribution in [0.4, 0.5) is 0 Å². The highest BCUT2D eigenvalue weighted by molar-refractivity contribution is 5.30. The Morgan fingerprint density at radius 3 is 2.60 bits per heavy atom. The summed E-state index contributed by atoms with van der Waals surface area (Å²) in [6, 6.07) is 10.3. The van der Waals surface area contributed by atoms with E-state index in [1.54, 1.807) is 6.07 Å². The Labute approximate surface area is 147 Å². The Balaban J connectivity index is 1.35. The number of hydrogen-bond acceptors (Lipinski definition) is 5. The van der Waals surface area contributed by atoms with Crippen LogP contribution in [0.5, 0.6) is 5.75 Å². The fourth-order valence-electron chi connectivity index (χ4n) is 3.84. The molecule has 2 aliphatic rings. The molecule has 1 saturated carbocycles. The van der Waals surface area contributed by atoms with Gasteiger partial charge in [-0.15, -0.1) is 0 Å². The Morgan fingerprint density at radius 1 is 1.20 bits per heavy atom. The first kappa shape index (κ1) is 16.4. The Morgan fingerprint density at radius 2 is 1.96 bits per heavy atom. The van der Waals surface area contributed by atoms with Crippen LogP contribution in [-0.2, 0) is 19.6 Å². The predicted molar refractivity (Wildman–Crippen MR) is 95.2 cm³/mol. The van der Waals surface area contributed by atoms with Gasteiger partial charge in [0.2, 0.25) is 11.2 Å². The van der Waals surface area contributed by atoms with Crippen molar-refractivity contribution in [2.75, 3.05) is 6.61 Å². The van der Waals surface area contributed by atoms with E-state index in [-0.39, 0.29) is 11.5 Å². The van der Waals surface area contributed by atoms with Crippen molar-refractivity contribution in [1.29, 1.82) is 0 Å². The van der Waals surface area contributed by atoms with Crippen LogP contribution >= 0.6 is 0 Å². The molecule has 1 aliphatic heterocycles. The van der Waals surface area contributed by atoms with Crippen molar-refractivity contribution < 1.29 is 9.15 Å². The minimum Gasteiger partial charge on any atom is -0.486 e. The van der Waals surface area contributed by atoms with E-state index in [0.717, 1.165) is 32.4 Å². The molecule has 1 aromatic heterocycles. The molecule has 25 heavy (non-hydrogen) atoms. The number of fused-ring (bicyclic) bond motifs is 1. The lowest BCUT2D eigenvalue weighted by molar-refractivity contribution is 0.229. The minimum atomic E-state index is -0.111. The second-order valence-corrected chi connectivity index (χ2v) is 7.24. The fraction of sp³-hybridized carbons (Fsp3) is 0.450. The van der Waals surface area contributed by atoms with Crippen LogP contribution in [-0.4, -0.2) is 17.5 Å². The lowest BCUT2D eigenvalue weighted by Gasteiger charge is -2.14. The first-order valence-electron chi connectivity index (χ1n) is 8.96. The van der Waals surface area contributed by atoms with Crippen molar-refractivity contribution in [1.82, 2.24) is 4.90 Å². The van der Waals surface area contributed by atoms with Gasteiger partial charge in [0.25, 0.3) is 0 Å². The summed E-state index contributed by atoms with van der Waals surface area (Å²) in [4.78, 5) is 14.5. The maximum Gasteiger partial charge on any atom is 0.227 e. The van der Waals surface area contributed by atoms with E-state index < -0.39 is 0 Å². The largest absolute Gasteiger partial charge is 0.486 e. The molecule has 0 bridgehead atoms. The Bertz CT molecular complexity index is 777. The van der Waals surface area contributed by atoms with E-state index in [2.05, 4.69) is 29.2 Å². The van der Waals surface area contributed by atoms with E-state index in [0.29, 0.717) is 30.6 Å². The fourth-order valence-corrected chi connectivity index (χ4v) is 3.84. The van der Waals surface area contributed by atoms with E-state index >= 15 is 0 Å². The third-order valence-corrected chi connectivity index (χ3v) is 5.19. The molecule has 1 fully saturated rings. The molecule has 0 amide bonds. The predicted octanol–water partition coefficient (Wildman–Crippen LogP) is 2.66. The van der Waals surface area contributed by atoms with Crippen molar-refractivity contribution >= 4 is 0 Å². The molecule has 1 unspecified atom stereocenters. The summed E-state index contributed by atoms with van der Waals surface area (Å²) in [5.74, 6) is 1.42. The molecule has 0 spiro atoms. The smallest absolute Gasteiger partial charge is 0.227 e. The third kappa shape index (κ3) is 3.78. The van der Waals surface area contributed by atoms with Crippen LogP contribution in [0, 0.1) is 5.92 Å². The Kier molecular flexibility index (Phi) is 4.59. The molecule has 132 valence electrons. The van der Waals surface area contributed by atoms with Crippen LogP contribution < -0.4 is 15.9 Å². The molecule has 2 atom stereocenters. The number of ether oxygens (including phenoxy) is 1. The third-order valence-electron chi connectivity index (χ3n) is 5.19. The van der Waals surface area contributed by atoms with Crippen molar-refractivity contribution in [2.24, 2.45) is 11.7 Å². The van der Waals surface area contributed by atoms with Crippen molar-refractivity contribution in [3.63, 3.8) is 0 Å². The van der Waals surface area contributed by atoms with Gasteiger partial charge in [0.05, 0.1) is 13.2 Å². The molecule has 5 nitrogen and oxygen atoms in total. The maximum absolute atomic E-state index is 12.3. The maximum atomic E-state index is 12.3. The molecule has 2 aromatic rings. The van der Waals surface area contributed by atoms with Gasteiger partial charge in [-0.25, -0.2) is 0 Å². The summed E-state index contributed by atoms with van der Waals surface area (Å²) in [7, 11) is 0. The van der Waals surface area contributed by atoms with Gasteiger partial charge >= 0.3 is 0 Å². The molecule has 1 aliphatic carbocycles. The Hall–Kier alpha value is -2.11. The monoisotopic (exact) mass is 340 g/mol. The number of nitrogens with two attached hydrogens (primary N) is 1. The summed E-state index contributed by atoms with van der Waals surface area (Å²) in [6.45, 7) is 2.95. The quantitative estimate of drug-likeness (QED) is 0.906. The molecule has 0 saturated heterocycles. The lowest BCUT2D eigenvalue weighted by atomic mass is 10.1. The zero-order chi connectivity index (χ0) is 17.2. The van der Waals surface area contributed by atoms with Gasteiger partial charge in [0.15, 0.2) is 0 Å². The molecule has 4 rings (SSSR count). The average molecular weight is 340 g/mol. The van der Waals surface area contributed by atoms with E-state index in [9.17, 15) is 4.79 Å². The van der Waals surface area contributed by atoms with E-state index in [1.165, 1.54) is 17.4 Å². The summed E-state index contributed by atoms with van der Waals surface area (Å²) < 4.78 is 11.3. The molecule has 5 heteroatoms. The normalized spacial score (nSPS) is 22.9. The number of hydrogen-bond donors (Lipinski definition) is 1. The highest BCUT2D eigenvalue weighted by atomic mass is 16.5. The summed E-state index contributed by atoms with van der Waals surface area (Å²) in [6.07, 6.45) is 4.54. The second kappa shape index (κ2) is 7.02. The average Bonchev–Trinajstić information content (AvgIpc) is 3.19. The van der Waals surface area contributed by atoms with Gasteiger partial charge in [0.1, 0.15) is 12.0 Å². The zero-order valence-electron chi connectivity index (χ0n) is 14.3. The first-order chi connectivity index (χ1) is 12.2. The summed E-state index contributed by atoms with van der Waals surface area (Å²) in [5, 5.41) is 0. The summed E-state index contributed by atoms with van der Waals surface area (Å²) >= 11 is 0. The second-order valence-electron chi connectivity index (χ2n) is 7.24. The SMILES string of the molecule is NC1CC[C@H](COc2coc(CN3Cc4ccccc4C3)cc2=O)C1. The minimum absolute atomic E-state index is 0.111. The van der Waals surface area contributed by atoms with E-state index in [4.69, 9.17) is 14.9 Å². The van der Waals surface area contributed by atoms with Gasteiger partial charge in [-0.2, -0.15) is 0 Å². The number of benzene rings is 1. The highest BCUT2D eigenvalue weighted by Gasteiger charge is 2.23. The lowest BCUT2D eigenvalue weighted by Crippen LogP contribution is -2.19. The number of nitrogens with zero attached hydrogens (tertiary/aromatic N) is 1. The van der Waals surface area contributed by atoms with Crippen LogP contribution in [0.1, 0.15) is 36.1 Å².